The molecule has 2 N–H and O–H groups in total. The summed E-state index contributed by atoms with van der Waals surface area (Å²) in [5.74, 6) is -2.50. The maximum atomic E-state index is 13.9. The molecule has 30 heavy (non-hydrogen) atoms. The molecule has 1 unspecified atom stereocenters. The van der Waals surface area contributed by atoms with Crippen molar-refractivity contribution < 1.29 is 31.8 Å². The van der Waals surface area contributed by atoms with Gasteiger partial charge in [-0.05, 0) is 48.9 Å². The molecule has 0 spiro atoms. The van der Waals surface area contributed by atoms with Gasteiger partial charge in [-0.1, -0.05) is 0 Å². The van der Waals surface area contributed by atoms with E-state index in [1.807, 2.05) is 0 Å². The number of aliphatic hydroxyl groups excluding tert-OH is 1. The molecule has 1 aliphatic heterocycles. The molecule has 0 bridgehead atoms. The van der Waals surface area contributed by atoms with E-state index in [-0.39, 0.29) is 35.1 Å². The van der Waals surface area contributed by atoms with Crippen molar-refractivity contribution >= 4 is 27.7 Å². The molecule has 1 atom stereocenters. The van der Waals surface area contributed by atoms with E-state index >= 15 is 0 Å². The van der Waals surface area contributed by atoms with Gasteiger partial charge in [0.25, 0.3) is 0 Å². The number of aliphatic imine (C=N–C) groups is 1. The number of sulfonamides is 1. The summed E-state index contributed by atoms with van der Waals surface area (Å²) in [6, 6.07) is 5.82. The van der Waals surface area contributed by atoms with E-state index in [2.05, 4.69) is 9.71 Å². The molecule has 0 radical (unpaired) electrons. The highest BCUT2D eigenvalue weighted by molar-refractivity contribution is 7.92. The minimum atomic E-state index is -3.66. The van der Waals surface area contributed by atoms with Crippen molar-refractivity contribution in [2.45, 2.75) is 13.0 Å². The molecule has 0 fully saturated rings. The summed E-state index contributed by atoms with van der Waals surface area (Å²) in [6.07, 6.45) is 2.53. The number of hydrogen-bond donors (Lipinski definition) is 2. The summed E-state index contributed by atoms with van der Waals surface area (Å²) in [6.45, 7) is 1.08. The standard InChI is InChI=1S/C20H18F2N2O5S/c1-2-30(27,28)24-17-5-4-14(29-19-6-3-13(21)8-16(19)22)9-15(17)20-18(26)7-12(11-25)10-23-20/h3-10,20,24-25H,2,11H2,1H3. The van der Waals surface area contributed by atoms with E-state index in [1.165, 1.54) is 37.4 Å². The van der Waals surface area contributed by atoms with Gasteiger partial charge in [0.15, 0.2) is 17.3 Å². The van der Waals surface area contributed by atoms with Crippen LogP contribution in [-0.4, -0.2) is 37.9 Å². The number of aliphatic hydroxyl groups is 1. The molecule has 1 heterocycles. The van der Waals surface area contributed by atoms with Gasteiger partial charge >= 0.3 is 0 Å². The SMILES string of the molecule is CCS(=O)(=O)Nc1ccc(Oc2ccc(F)cc2F)cc1C1N=CC(CO)=CC1=O. The first kappa shape index (κ1) is 21.6. The summed E-state index contributed by atoms with van der Waals surface area (Å²) < 4.78 is 58.9. The van der Waals surface area contributed by atoms with Gasteiger partial charge in [0.05, 0.1) is 18.0 Å². The lowest BCUT2D eigenvalue weighted by atomic mass is 9.97. The molecule has 10 heteroatoms. The Morgan fingerprint density at radius 3 is 2.60 bits per heavy atom. The third-order valence-corrected chi connectivity index (χ3v) is 5.55. The van der Waals surface area contributed by atoms with Crippen LogP contribution in [0.5, 0.6) is 11.5 Å². The van der Waals surface area contributed by atoms with Crippen LogP contribution in [0.25, 0.3) is 0 Å². The number of carbonyl (C=O) groups is 1. The average molecular weight is 436 g/mol. The lowest BCUT2D eigenvalue weighted by Crippen LogP contribution is -2.20. The van der Waals surface area contributed by atoms with Crippen LogP contribution in [0.3, 0.4) is 0 Å². The Bertz CT molecular complexity index is 1150. The number of nitrogens with zero attached hydrogens (tertiary/aromatic N) is 1. The molecule has 0 saturated heterocycles. The lowest BCUT2D eigenvalue weighted by Gasteiger charge is -2.20. The quantitative estimate of drug-likeness (QED) is 0.694. The van der Waals surface area contributed by atoms with Crippen LogP contribution in [0, 0.1) is 11.6 Å². The highest BCUT2D eigenvalue weighted by Gasteiger charge is 2.26. The van der Waals surface area contributed by atoms with Gasteiger partial charge in [-0.15, -0.1) is 0 Å². The first-order valence-corrected chi connectivity index (χ1v) is 10.5. The second-order valence-corrected chi connectivity index (χ2v) is 8.40. The predicted octanol–water partition coefficient (Wildman–Crippen LogP) is 3.13. The van der Waals surface area contributed by atoms with E-state index in [0.29, 0.717) is 11.6 Å². The van der Waals surface area contributed by atoms with Gasteiger partial charge in [0.1, 0.15) is 17.6 Å². The number of ketones is 1. The zero-order valence-electron chi connectivity index (χ0n) is 15.8. The average Bonchev–Trinajstić information content (AvgIpc) is 2.71. The van der Waals surface area contributed by atoms with E-state index in [0.717, 1.165) is 12.1 Å². The smallest absolute Gasteiger partial charge is 0.232 e. The maximum absolute atomic E-state index is 13.9. The Labute approximate surface area is 171 Å². The molecule has 0 saturated carbocycles. The number of benzene rings is 2. The van der Waals surface area contributed by atoms with Crippen LogP contribution >= 0.6 is 0 Å². The van der Waals surface area contributed by atoms with Crippen LogP contribution in [0.15, 0.2) is 53.0 Å². The molecule has 0 amide bonds. The van der Waals surface area contributed by atoms with Gasteiger partial charge in [-0.2, -0.15) is 0 Å². The van der Waals surface area contributed by atoms with Crippen LogP contribution < -0.4 is 9.46 Å². The first-order valence-electron chi connectivity index (χ1n) is 8.88. The first-order chi connectivity index (χ1) is 14.2. The normalized spacial score (nSPS) is 16.3. The summed E-state index contributed by atoms with van der Waals surface area (Å²) in [4.78, 5) is 16.6. The van der Waals surface area contributed by atoms with E-state index in [9.17, 15) is 27.1 Å². The molecule has 158 valence electrons. The molecular weight excluding hydrogens is 418 g/mol. The summed E-state index contributed by atoms with van der Waals surface area (Å²) in [5.41, 5.74) is 0.606. The highest BCUT2D eigenvalue weighted by atomic mass is 32.2. The highest BCUT2D eigenvalue weighted by Crippen LogP contribution is 2.35. The number of rotatable bonds is 7. The maximum Gasteiger partial charge on any atom is 0.232 e. The van der Waals surface area contributed by atoms with Crippen LogP contribution in [0.2, 0.25) is 0 Å². The molecule has 0 aromatic heterocycles. The fourth-order valence-corrected chi connectivity index (χ4v) is 3.38. The number of anilines is 1. The Morgan fingerprint density at radius 1 is 1.20 bits per heavy atom. The minimum Gasteiger partial charge on any atom is -0.454 e. The molecule has 0 aliphatic carbocycles. The second-order valence-electron chi connectivity index (χ2n) is 6.39. The zero-order valence-corrected chi connectivity index (χ0v) is 16.6. The summed E-state index contributed by atoms with van der Waals surface area (Å²) in [5, 5.41) is 9.17. The Balaban J connectivity index is 2.02. The van der Waals surface area contributed by atoms with Crippen molar-refractivity contribution in [3.05, 3.63) is 65.2 Å². The van der Waals surface area contributed by atoms with E-state index in [4.69, 9.17) is 4.74 Å². The van der Waals surface area contributed by atoms with Crippen LogP contribution in [0.1, 0.15) is 18.5 Å². The van der Waals surface area contributed by atoms with Crippen molar-refractivity contribution in [1.82, 2.24) is 0 Å². The Hall–Kier alpha value is -3.11. The molecule has 2 aromatic carbocycles. The second kappa shape index (κ2) is 8.72. The number of nitrogens with one attached hydrogen (secondary N) is 1. The molecule has 2 aromatic rings. The van der Waals surface area contributed by atoms with Crippen molar-refractivity contribution in [3.63, 3.8) is 0 Å². The van der Waals surface area contributed by atoms with Gasteiger partial charge in [-0.3, -0.25) is 14.5 Å². The molecule has 7 nitrogen and oxygen atoms in total. The van der Waals surface area contributed by atoms with Crippen molar-refractivity contribution in [1.29, 1.82) is 0 Å². The molecule has 1 aliphatic rings. The van der Waals surface area contributed by atoms with Crippen molar-refractivity contribution in [2.24, 2.45) is 4.99 Å². The van der Waals surface area contributed by atoms with E-state index in [1.54, 1.807) is 0 Å². The Morgan fingerprint density at radius 2 is 1.97 bits per heavy atom. The van der Waals surface area contributed by atoms with E-state index < -0.39 is 33.5 Å². The fraction of sp³-hybridized carbons (Fsp3) is 0.200. The lowest BCUT2D eigenvalue weighted by molar-refractivity contribution is -0.115. The number of dihydropyridines is 1. The predicted molar refractivity (Wildman–Crippen MR) is 107 cm³/mol. The largest absolute Gasteiger partial charge is 0.454 e. The third-order valence-electron chi connectivity index (χ3n) is 4.25. The summed E-state index contributed by atoms with van der Waals surface area (Å²) >= 11 is 0. The Kier molecular flexibility index (Phi) is 6.28. The number of ether oxygens (including phenoxy) is 1. The number of carbonyl (C=O) groups excluding carboxylic acids is 1. The molecule has 3 rings (SSSR count). The van der Waals surface area contributed by atoms with Crippen LogP contribution in [-0.2, 0) is 14.8 Å². The number of hydrogen-bond acceptors (Lipinski definition) is 6. The van der Waals surface area contributed by atoms with Gasteiger partial charge in [0, 0.05) is 17.8 Å². The zero-order chi connectivity index (χ0) is 21.9. The molecular formula is C20H18F2N2O5S. The third kappa shape index (κ3) is 4.89. The van der Waals surface area contributed by atoms with Crippen molar-refractivity contribution in [2.75, 3.05) is 17.1 Å². The van der Waals surface area contributed by atoms with Gasteiger partial charge in [0.2, 0.25) is 10.0 Å². The monoisotopic (exact) mass is 436 g/mol. The van der Waals surface area contributed by atoms with Gasteiger partial charge < -0.3 is 9.84 Å². The summed E-state index contributed by atoms with van der Waals surface area (Å²) in [7, 11) is -3.66. The minimum absolute atomic E-state index is 0.0925. The van der Waals surface area contributed by atoms with Gasteiger partial charge in [-0.25, -0.2) is 17.2 Å². The van der Waals surface area contributed by atoms with Crippen molar-refractivity contribution in [3.8, 4) is 11.5 Å². The topological polar surface area (TPSA) is 105 Å². The fourth-order valence-electron chi connectivity index (χ4n) is 2.71. The van der Waals surface area contributed by atoms with Crippen LogP contribution in [0.4, 0.5) is 14.5 Å². The number of halogens is 2.